The Labute approximate surface area is 142 Å². The molecule has 0 fully saturated rings. The van der Waals surface area contributed by atoms with Crippen molar-refractivity contribution < 1.29 is 19.0 Å². The van der Waals surface area contributed by atoms with Crippen LogP contribution in [0.2, 0.25) is 0 Å². The summed E-state index contributed by atoms with van der Waals surface area (Å²) in [4.78, 5) is 12.5. The number of ether oxygens (including phenoxy) is 3. The molecule has 0 unspecified atom stereocenters. The second-order valence-electron chi connectivity index (χ2n) is 5.11. The van der Waals surface area contributed by atoms with Crippen LogP contribution >= 0.6 is 0 Å². The molecule has 128 valence electrons. The third-order valence-corrected chi connectivity index (χ3v) is 3.43. The van der Waals surface area contributed by atoms with Crippen molar-refractivity contribution in [1.82, 2.24) is 0 Å². The third kappa shape index (κ3) is 4.65. The average molecular weight is 329 g/mol. The fraction of sp³-hybridized carbons (Fsp3) is 0.316. The lowest BCUT2D eigenvalue weighted by Gasteiger charge is -2.18. The number of anilines is 1. The summed E-state index contributed by atoms with van der Waals surface area (Å²) in [5.41, 5.74) is 0.636. The molecule has 0 aliphatic rings. The summed E-state index contributed by atoms with van der Waals surface area (Å²) >= 11 is 0. The number of methoxy groups -OCH3 is 1. The van der Waals surface area contributed by atoms with E-state index in [9.17, 15) is 4.79 Å². The standard InChI is InChI=1S/C19H23NO4/c1-4-17(24-15-10-8-9-14(13-15)22-3)19(21)20-16-11-6-7-12-18(16)23-5-2/h6-13,17H,4-5H2,1-3H3,(H,20,21)/t17-/m0/s1. The van der Waals surface area contributed by atoms with Gasteiger partial charge in [-0.1, -0.05) is 25.1 Å². The minimum atomic E-state index is -0.605. The molecule has 1 amide bonds. The second kappa shape index (κ2) is 8.82. The van der Waals surface area contributed by atoms with Gasteiger partial charge in [0.15, 0.2) is 6.10 Å². The summed E-state index contributed by atoms with van der Waals surface area (Å²) in [6.45, 7) is 4.34. The first-order chi connectivity index (χ1) is 11.7. The van der Waals surface area contributed by atoms with Crippen LogP contribution in [0.4, 0.5) is 5.69 Å². The Hall–Kier alpha value is -2.69. The lowest BCUT2D eigenvalue weighted by Crippen LogP contribution is -2.32. The maximum Gasteiger partial charge on any atom is 0.265 e. The Morgan fingerprint density at radius 2 is 1.83 bits per heavy atom. The Bertz CT molecular complexity index is 672. The van der Waals surface area contributed by atoms with Crippen molar-refractivity contribution in [2.75, 3.05) is 19.0 Å². The molecule has 5 nitrogen and oxygen atoms in total. The van der Waals surface area contributed by atoms with Gasteiger partial charge in [0.2, 0.25) is 0 Å². The van der Waals surface area contributed by atoms with Crippen LogP contribution in [0.25, 0.3) is 0 Å². The predicted molar refractivity (Wildman–Crippen MR) is 93.9 cm³/mol. The number of nitrogens with one attached hydrogen (secondary N) is 1. The highest BCUT2D eigenvalue weighted by Gasteiger charge is 2.20. The fourth-order valence-corrected chi connectivity index (χ4v) is 2.23. The van der Waals surface area contributed by atoms with E-state index < -0.39 is 6.10 Å². The maximum atomic E-state index is 12.5. The molecule has 5 heteroatoms. The molecule has 1 atom stereocenters. The van der Waals surface area contributed by atoms with E-state index in [-0.39, 0.29) is 5.91 Å². The van der Waals surface area contributed by atoms with Crippen molar-refractivity contribution in [3.8, 4) is 17.2 Å². The molecule has 2 aromatic carbocycles. The summed E-state index contributed by atoms with van der Waals surface area (Å²) in [6.07, 6.45) is -0.0633. The van der Waals surface area contributed by atoms with Crippen LogP contribution in [0, 0.1) is 0 Å². The Kier molecular flexibility index (Phi) is 6.49. The first-order valence-corrected chi connectivity index (χ1v) is 8.01. The van der Waals surface area contributed by atoms with E-state index >= 15 is 0 Å². The van der Waals surface area contributed by atoms with Crippen LogP contribution < -0.4 is 19.5 Å². The number of hydrogen-bond donors (Lipinski definition) is 1. The number of carbonyl (C=O) groups excluding carboxylic acids is 1. The first-order valence-electron chi connectivity index (χ1n) is 8.01. The molecule has 0 saturated heterocycles. The summed E-state index contributed by atoms with van der Waals surface area (Å²) in [7, 11) is 1.59. The topological polar surface area (TPSA) is 56.8 Å². The normalized spacial score (nSPS) is 11.5. The molecule has 0 spiro atoms. The van der Waals surface area contributed by atoms with Crippen LogP contribution in [0.15, 0.2) is 48.5 Å². The van der Waals surface area contributed by atoms with Crippen molar-refractivity contribution >= 4 is 11.6 Å². The average Bonchev–Trinajstić information content (AvgIpc) is 2.61. The van der Waals surface area contributed by atoms with E-state index in [0.717, 1.165) is 0 Å². The number of amides is 1. The summed E-state index contributed by atoms with van der Waals surface area (Å²) in [5, 5.41) is 2.88. The highest BCUT2D eigenvalue weighted by atomic mass is 16.5. The highest BCUT2D eigenvalue weighted by molar-refractivity contribution is 5.95. The van der Waals surface area contributed by atoms with Crippen LogP contribution in [0.5, 0.6) is 17.2 Å². The fourth-order valence-electron chi connectivity index (χ4n) is 2.23. The number of benzene rings is 2. The molecule has 0 saturated carbocycles. The first kappa shape index (κ1) is 17.7. The summed E-state index contributed by atoms with van der Waals surface area (Å²) < 4.78 is 16.5. The molecule has 0 aliphatic carbocycles. The number of carbonyl (C=O) groups is 1. The number of para-hydroxylation sites is 2. The molecular formula is C19H23NO4. The van der Waals surface area contributed by atoms with Gasteiger partial charge in [-0.25, -0.2) is 0 Å². The van der Waals surface area contributed by atoms with Crippen LogP contribution in [-0.2, 0) is 4.79 Å². The minimum absolute atomic E-state index is 0.215. The summed E-state index contributed by atoms with van der Waals surface area (Å²) in [6, 6.07) is 14.5. The lowest BCUT2D eigenvalue weighted by atomic mass is 10.2. The molecule has 2 aromatic rings. The predicted octanol–water partition coefficient (Wildman–Crippen LogP) is 3.89. The van der Waals surface area contributed by atoms with E-state index in [4.69, 9.17) is 14.2 Å². The molecular weight excluding hydrogens is 306 g/mol. The van der Waals surface area contributed by atoms with Gasteiger partial charge in [0.25, 0.3) is 5.91 Å². The van der Waals surface area contributed by atoms with Gasteiger partial charge in [0, 0.05) is 6.07 Å². The van der Waals surface area contributed by atoms with Crippen molar-refractivity contribution in [2.45, 2.75) is 26.4 Å². The zero-order valence-corrected chi connectivity index (χ0v) is 14.2. The Balaban J connectivity index is 2.08. The van der Waals surface area contributed by atoms with E-state index in [0.29, 0.717) is 36.0 Å². The molecule has 1 N–H and O–H groups in total. The summed E-state index contributed by atoms with van der Waals surface area (Å²) in [5.74, 6) is 1.70. The molecule has 0 bridgehead atoms. The smallest absolute Gasteiger partial charge is 0.265 e. The van der Waals surface area contributed by atoms with E-state index in [1.807, 2.05) is 44.2 Å². The zero-order chi connectivity index (χ0) is 17.4. The molecule has 0 aromatic heterocycles. The molecule has 0 aliphatic heterocycles. The lowest BCUT2D eigenvalue weighted by molar-refractivity contribution is -0.122. The van der Waals surface area contributed by atoms with Gasteiger partial charge in [0.05, 0.1) is 19.4 Å². The van der Waals surface area contributed by atoms with Gasteiger partial charge in [-0.3, -0.25) is 4.79 Å². The zero-order valence-electron chi connectivity index (χ0n) is 14.2. The maximum absolute atomic E-state index is 12.5. The monoisotopic (exact) mass is 329 g/mol. The minimum Gasteiger partial charge on any atom is -0.497 e. The second-order valence-corrected chi connectivity index (χ2v) is 5.11. The molecule has 24 heavy (non-hydrogen) atoms. The van der Waals surface area contributed by atoms with Gasteiger partial charge in [0.1, 0.15) is 17.2 Å². The van der Waals surface area contributed by atoms with E-state index in [2.05, 4.69) is 5.32 Å². The number of hydrogen-bond acceptors (Lipinski definition) is 4. The SMILES string of the molecule is CCOc1ccccc1NC(=O)[C@H](CC)Oc1cccc(OC)c1. The van der Waals surface area contributed by atoms with E-state index in [1.165, 1.54) is 0 Å². The van der Waals surface area contributed by atoms with Gasteiger partial charge in [-0.05, 0) is 37.6 Å². The molecule has 2 rings (SSSR count). The Morgan fingerprint density at radius 3 is 2.54 bits per heavy atom. The number of rotatable bonds is 8. The Morgan fingerprint density at radius 1 is 1.08 bits per heavy atom. The third-order valence-electron chi connectivity index (χ3n) is 3.43. The van der Waals surface area contributed by atoms with Crippen LogP contribution in [-0.4, -0.2) is 25.7 Å². The van der Waals surface area contributed by atoms with Gasteiger partial charge in [-0.15, -0.1) is 0 Å². The van der Waals surface area contributed by atoms with Gasteiger partial charge in [-0.2, -0.15) is 0 Å². The van der Waals surface area contributed by atoms with Crippen molar-refractivity contribution in [2.24, 2.45) is 0 Å². The molecule has 0 heterocycles. The largest absolute Gasteiger partial charge is 0.497 e. The van der Waals surface area contributed by atoms with Crippen LogP contribution in [0.3, 0.4) is 0 Å². The highest BCUT2D eigenvalue weighted by Crippen LogP contribution is 2.25. The molecule has 0 radical (unpaired) electrons. The van der Waals surface area contributed by atoms with Crippen LogP contribution in [0.1, 0.15) is 20.3 Å². The quantitative estimate of drug-likeness (QED) is 0.798. The van der Waals surface area contributed by atoms with Gasteiger partial charge >= 0.3 is 0 Å². The van der Waals surface area contributed by atoms with Crippen molar-refractivity contribution in [3.05, 3.63) is 48.5 Å². The van der Waals surface area contributed by atoms with Gasteiger partial charge < -0.3 is 19.5 Å². The van der Waals surface area contributed by atoms with E-state index in [1.54, 1.807) is 25.3 Å². The van der Waals surface area contributed by atoms with Crippen molar-refractivity contribution in [1.29, 1.82) is 0 Å². The van der Waals surface area contributed by atoms with Crippen molar-refractivity contribution in [3.63, 3.8) is 0 Å².